The number of piperazine rings is 1. The van der Waals surface area contributed by atoms with E-state index >= 15 is 0 Å². The summed E-state index contributed by atoms with van der Waals surface area (Å²) < 4.78 is 8.20. The van der Waals surface area contributed by atoms with Crippen molar-refractivity contribution < 1.29 is 9.53 Å². The molecular weight excluding hydrogens is 536 g/mol. The molecule has 0 aliphatic carbocycles. The number of aromatic nitrogens is 3. The van der Waals surface area contributed by atoms with Gasteiger partial charge in [0.1, 0.15) is 17.7 Å². The number of ether oxygens (including phenoxy) is 1. The number of nitrogens with one attached hydrogen (secondary N) is 1. The van der Waals surface area contributed by atoms with Crippen LogP contribution in [-0.2, 0) is 4.79 Å². The molecule has 1 atom stereocenters. The Hall–Kier alpha value is -2.60. The van der Waals surface area contributed by atoms with E-state index in [4.69, 9.17) is 4.74 Å². The Bertz CT molecular complexity index is 1320. The molecule has 4 aromatic rings. The van der Waals surface area contributed by atoms with Crippen LogP contribution in [0.3, 0.4) is 0 Å². The lowest BCUT2D eigenvalue weighted by molar-refractivity contribution is -0.114. The largest absolute Gasteiger partial charge is 0.437 e. The zero-order valence-electron chi connectivity index (χ0n) is 18.7. The molecule has 176 valence electrons. The minimum Gasteiger partial charge on any atom is -0.437 e. The van der Waals surface area contributed by atoms with Crippen LogP contribution in [0.2, 0.25) is 0 Å². The Kier molecular flexibility index (Phi) is 6.77. The number of para-hydroxylation sites is 1. The molecule has 1 amide bonds. The molecule has 11 heteroatoms. The van der Waals surface area contributed by atoms with Crippen molar-refractivity contribution in [3.8, 4) is 11.6 Å². The van der Waals surface area contributed by atoms with E-state index in [0.29, 0.717) is 28.3 Å². The van der Waals surface area contributed by atoms with Gasteiger partial charge in [0.25, 0.3) is 0 Å². The van der Waals surface area contributed by atoms with Gasteiger partial charge >= 0.3 is 0 Å². The summed E-state index contributed by atoms with van der Waals surface area (Å²) in [6.45, 7) is 7.42. The van der Waals surface area contributed by atoms with Crippen LogP contribution in [0.4, 0.5) is 10.9 Å². The van der Waals surface area contributed by atoms with Crippen molar-refractivity contribution in [2.75, 3.05) is 36.4 Å². The molecule has 5 rings (SSSR count). The molecule has 0 bridgehead atoms. The second kappa shape index (κ2) is 9.95. The first-order chi connectivity index (χ1) is 16.5. The van der Waals surface area contributed by atoms with Gasteiger partial charge in [-0.2, -0.15) is 0 Å². The molecule has 0 radical (unpaired) electrons. The summed E-state index contributed by atoms with van der Waals surface area (Å²) in [5.74, 6) is 1.75. The van der Waals surface area contributed by atoms with E-state index in [9.17, 15) is 4.79 Å². The molecule has 3 aromatic heterocycles. The number of benzene rings is 1. The fraction of sp³-hybridized carbons (Fsp3) is 0.304. The van der Waals surface area contributed by atoms with Gasteiger partial charge < -0.3 is 15.0 Å². The van der Waals surface area contributed by atoms with Crippen molar-refractivity contribution in [1.29, 1.82) is 0 Å². The number of anilines is 2. The third kappa shape index (κ3) is 5.07. The first-order valence-corrected chi connectivity index (χ1v) is 13.3. The zero-order chi connectivity index (χ0) is 23.7. The molecule has 1 saturated heterocycles. The van der Waals surface area contributed by atoms with E-state index in [1.807, 2.05) is 24.3 Å². The van der Waals surface area contributed by atoms with E-state index in [-0.39, 0.29) is 5.91 Å². The van der Waals surface area contributed by atoms with Crippen molar-refractivity contribution in [3.63, 3.8) is 0 Å². The molecule has 34 heavy (non-hydrogen) atoms. The summed E-state index contributed by atoms with van der Waals surface area (Å²) in [6.07, 6.45) is 1.53. The van der Waals surface area contributed by atoms with Crippen LogP contribution < -0.4 is 15.0 Å². The van der Waals surface area contributed by atoms with Gasteiger partial charge in [0, 0.05) is 50.1 Å². The fourth-order valence-electron chi connectivity index (χ4n) is 3.95. The Labute approximate surface area is 213 Å². The van der Waals surface area contributed by atoms with Crippen molar-refractivity contribution in [3.05, 3.63) is 51.4 Å². The minimum absolute atomic E-state index is 0.153. The van der Waals surface area contributed by atoms with Gasteiger partial charge in [0.15, 0.2) is 10.9 Å². The quantitative estimate of drug-likeness (QED) is 0.332. The lowest BCUT2D eigenvalue weighted by Gasteiger charge is -2.38. The summed E-state index contributed by atoms with van der Waals surface area (Å²) in [6, 6.07) is 12.3. The number of rotatable bonds is 6. The zero-order valence-corrected chi connectivity index (χ0v) is 21.9. The molecule has 1 N–H and O–H groups in total. The Morgan fingerprint density at radius 2 is 1.97 bits per heavy atom. The molecule has 1 aliphatic rings. The average Bonchev–Trinajstić information content (AvgIpc) is 3.45. The smallest absolute Gasteiger partial charge is 0.224 e. The number of hydrogen-bond acceptors (Lipinski definition) is 9. The van der Waals surface area contributed by atoms with Crippen LogP contribution >= 0.6 is 38.6 Å². The summed E-state index contributed by atoms with van der Waals surface area (Å²) in [5, 5.41) is 3.28. The maximum absolute atomic E-state index is 11.4. The van der Waals surface area contributed by atoms with Gasteiger partial charge in [-0.1, -0.05) is 17.4 Å². The third-order valence-corrected chi connectivity index (χ3v) is 8.43. The summed E-state index contributed by atoms with van der Waals surface area (Å²) in [7, 11) is 0. The maximum atomic E-state index is 11.4. The lowest BCUT2D eigenvalue weighted by Crippen LogP contribution is -2.47. The van der Waals surface area contributed by atoms with Crippen molar-refractivity contribution in [2.24, 2.45) is 0 Å². The molecule has 0 unspecified atom stereocenters. The second-order valence-corrected chi connectivity index (χ2v) is 11.5. The third-order valence-electron chi connectivity index (χ3n) is 5.70. The van der Waals surface area contributed by atoms with E-state index < -0.39 is 0 Å². The van der Waals surface area contributed by atoms with Gasteiger partial charge in [-0.15, -0.1) is 11.3 Å². The van der Waals surface area contributed by atoms with Gasteiger partial charge in [-0.3, -0.25) is 9.69 Å². The second-order valence-electron chi connectivity index (χ2n) is 7.96. The molecule has 8 nitrogen and oxygen atoms in total. The standard InChI is InChI=1S/C23H23BrN6O2S2/c1-14(17-6-7-19(24)33-17)29-8-10-30(11-9-29)20-12-21(26-13-25-20)32-16-4-3-5-18-22(16)28-23(34-18)27-15(2)31/h3-7,12-14H,8-11H2,1-2H3,(H,27,28,31)/t14-/m1/s1. The number of nitrogens with zero attached hydrogens (tertiary/aromatic N) is 5. The van der Waals surface area contributed by atoms with Crippen LogP contribution in [0.5, 0.6) is 11.6 Å². The average molecular weight is 560 g/mol. The predicted octanol–water partition coefficient (Wildman–Crippen LogP) is 5.54. The molecule has 1 aromatic carbocycles. The van der Waals surface area contributed by atoms with Gasteiger partial charge in [-0.05, 0) is 47.1 Å². The van der Waals surface area contributed by atoms with E-state index in [1.54, 1.807) is 11.3 Å². The van der Waals surface area contributed by atoms with Crippen molar-refractivity contribution in [2.45, 2.75) is 19.9 Å². The Balaban J connectivity index is 1.27. The van der Waals surface area contributed by atoms with Gasteiger partial charge in [-0.25, -0.2) is 15.0 Å². The maximum Gasteiger partial charge on any atom is 0.224 e. The molecule has 0 spiro atoms. The van der Waals surface area contributed by atoms with Crippen LogP contribution in [0.15, 0.2) is 46.5 Å². The Morgan fingerprint density at radius 1 is 1.15 bits per heavy atom. The van der Waals surface area contributed by atoms with Gasteiger partial charge in [0.2, 0.25) is 11.8 Å². The summed E-state index contributed by atoms with van der Waals surface area (Å²) in [4.78, 5) is 30.8. The normalized spacial score (nSPS) is 15.4. The highest BCUT2D eigenvalue weighted by Crippen LogP contribution is 2.35. The first-order valence-electron chi connectivity index (χ1n) is 10.9. The van der Waals surface area contributed by atoms with E-state index in [0.717, 1.165) is 36.7 Å². The number of thiazole rings is 1. The van der Waals surface area contributed by atoms with Crippen molar-refractivity contribution >= 4 is 65.7 Å². The minimum atomic E-state index is -0.153. The van der Waals surface area contributed by atoms with Crippen molar-refractivity contribution in [1.82, 2.24) is 19.9 Å². The van der Waals surface area contributed by atoms with Gasteiger partial charge in [0.05, 0.1) is 8.49 Å². The first kappa shape index (κ1) is 23.2. The summed E-state index contributed by atoms with van der Waals surface area (Å²) >= 11 is 6.77. The SMILES string of the molecule is CC(=O)Nc1nc2c(Oc3cc(N4CCN([C@H](C)c5ccc(Br)s5)CC4)ncn3)cccc2s1. The molecule has 0 saturated carbocycles. The fourth-order valence-corrected chi connectivity index (χ4v) is 6.39. The van der Waals surface area contributed by atoms with E-state index in [1.165, 1.54) is 33.3 Å². The highest BCUT2D eigenvalue weighted by atomic mass is 79.9. The topological polar surface area (TPSA) is 83.5 Å². The highest BCUT2D eigenvalue weighted by Gasteiger charge is 2.24. The lowest BCUT2D eigenvalue weighted by atomic mass is 10.2. The van der Waals surface area contributed by atoms with Crippen LogP contribution in [0, 0.1) is 0 Å². The number of hydrogen-bond donors (Lipinski definition) is 1. The number of halogens is 1. The number of amides is 1. The molecule has 1 aliphatic heterocycles. The number of carbonyl (C=O) groups is 1. The highest BCUT2D eigenvalue weighted by molar-refractivity contribution is 9.11. The van der Waals surface area contributed by atoms with E-state index in [2.05, 4.69) is 65.1 Å². The molecule has 1 fully saturated rings. The number of thiophene rings is 1. The van der Waals surface area contributed by atoms with Crippen LogP contribution in [0.25, 0.3) is 10.2 Å². The molecular formula is C23H23BrN6O2S2. The van der Waals surface area contributed by atoms with Crippen LogP contribution in [-0.4, -0.2) is 51.9 Å². The number of carbonyl (C=O) groups excluding carboxylic acids is 1. The predicted molar refractivity (Wildman–Crippen MR) is 140 cm³/mol. The Morgan fingerprint density at radius 3 is 2.71 bits per heavy atom. The number of fused-ring (bicyclic) bond motifs is 1. The molecule has 4 heterocycles. The summed E-state index contributed by atoms with van der Waals surface area (Å²) in [5.41, 5.74) is 0.694. The monoisotopic (exact) mass is 558 g/mol. The van der Waals surface area contributed by atoms with Crippen LogP contribution in [0.1, 0.15) is 24.8 Å².